The molecule has 0 spiro atoms. The van der Waals surface area contributed by atoms with Gasteiger partial charge in [-0.25, -0.2) is 60.8 Å². The van der Waals surface area contributed by atoms with E-state index < -0.39 is 0 Å². The fraction of sp³-hybridized carbons (Fsp3) is 0. The molecule has 1 heterocycles. The minimum absolute atomic E-state index is 0.247. The van der Waals surface area contributed by atoms with Crippen LogP contribution in [0.25, 0.3) is 0 Å². The van der Waals surface area contributed by atoms with Crippen LogP contribution in [0.2, 0.25) is 0 Å². The summed E-state index contributed by atoms with van der Waals surface area (Å²) >= 11 is 8.13. The van der Waals surface area contributed by atoms with Crippen molar-refractivity contribution in [1.29, 1.82) is 0 Å². The van der Waals surface area contributed by atoms with Gasteiger partial charge in [0.05, 0.1) is 0 Å². The molecule has 57 valence electrons. The van der Waals surface area contributed by atoms with Gasteiger partial charge in [-0.1, -0.05) is 6.07 Å². The molecule has 0 saturated carbocycles. The van der Waals surface area contributed by atoms with E-state index in [9.17, 15) is 0 Å². The van der Waals surface area contributed by atoms with E-state index in [1.165, 1.54) is 9.11 Å². The number of rotatable bonds is 3. The number of hydrogen-bond donors (Lipinski definition) is 0. The molecule has 2 nitrogen and oxygen atoms in total. The first-order valence-corrected chi connectivity index (χ1v) is 17.2. The van der Waals surface area contributed by atoms with Crippen LogP contribution in [0.4, 0.5) is 0 Å². The van der Waals surface area contributed by atoms with Crippen LogP contribution in [0.3, 0.4) is 0 Å². The van der Waals surface area contributed by atoms with E-state index in [2.05, 4.69) is 76.9 Å². The molecule has 8 heteroatoms. The molecule has 0 aromatic carbocycles. The van der Waals surface area contributed by atoms with Crippen LogP contribution in [0.1, 0.15) is 0 Å². The third kappa shape index (κ3) is 4.16. The Morgan fingerprint density at radius 2 is 1.42 bits per heavy atom. The summed E-state index contributed by atoms with van der Waals surface area (Å²) in [5.74, 6) is 0. The van der Waals surface area contributed by atoms with E-state index in [-0.39, 0.29) is 11.9 Å². The maximum atomic E-state index is 4.48. The minimum atomic E-state index is 0.247. The second kappa shape index (κ2) is 7.19. The number of nitrogens with zero attached hydrogens (tertiary/aromatic N) is 2. The number of hydrogen-bond acceptors (Lipinski definition) is 2. The van der Waals surface area contributed by atoms with Crippen LogP contribution in [0.5, 0.6) is 0 Å². The van der Waals surface area contributed by atoms with Gasteiger partial charge in [0.2, 0.25) is 0 Å². The molecule has 0 aliphatic rings. The molecule has 0 unspecified atom stereocenters. The van der Waals surface area contributed by atoms with Crippen molar-refractivity contribution < 1.29 is 0 Å². The van der Waals surface area contributed by atoms with Crippen LogP contribution in [0, 0.1) is 0 Å². The van der Waals surface area contributed by atoms with Gasteiger partial charge < -0.3 is 0 Å². The summed E-state index contributed by atoms with van der Waals surface area (Å²) in [7, 11) is 0. The molecular formula is C4HAl3I3N2. The van der Waals surface area contributed by atoms with Crippen molar-refractivity contribution >= 4 is 110 Å². The Balaban J connectivity index is 3.01. The lowest BCUT2D eigenvalue weighted by Gasteiger charge is -2.01. The molecule has 0 amide bonds. The second-order valence-corrected chi connectivity index (χ2v) is 9.86. The maximum absolute atomic E-state index is 4.48. The SMILES string of the molecule is [I][Al][c]1c[c]([Al][I])n[c]([Al][I])n1. The highest BCUT2D eigenvalue weighted by molar-refractivity contribution is 14.1. The lowest BCUT2D eigenvalue weighted by atomic mass is 10.7. The summed E-state index contributed by atoms with van der Waals surface area (Å²) in [5, 5.41) is 0. The predicted octanol–water partition coefficient (Wildman–Crippen LogP) is -0.485. The van der Waals surface area contributed by atoms with E-state index in [0.717, 1.165) is 4.69 Å². The second-order valence-electron chi connectivity index (χ2n) is 1.90. The molecule has 12 heavy (non-hydrogen) atoms. The molecule has 0 aliphatic heterocycles. The predicted molar refractivity (Wildman–Crippen MR) is 80.3 cm³/mol. The van der Waals surface area contributed by atoms with E-state index >= 15 is 0 Å². The Bertz CT molecular complexity index is 216. The highest BCUT2D eigenvalue weighted by Crippen LogP contribution is 1.80. The van der Waals surface area contributed by atoms with Gasteiger partial charge in [-0.05, 0) is 9.11 Å². The van der Waals surface area contributed by atoms with Gasteiger partial charge in [-0.2, -0.15) is 0 Å². The fourth-order valence-corrected chi connectivity index (χ4v) is 5.13. The third-order valence-electron chi connectivity index (χ3n) is 1.10. The summed E-state index contributed by atoms with van der Waals surface area (Å²) in [6.07, 6.45) is 0. The zero-order valence-electron chi connectivity index (χ0n) is 5.84. The Hall–Kier alpha value is 2.87. The Morgan fingerprint density at radius 3 is 1.75 bits per heavy atom. The highest BCUT2D eigenvalue weighted by atomic mass is 127. The van der Waals surface area contributed by atoms with Crippen molar-refractivity contribution in [3.63, 3.8) is 0 Å². The molecule has 1 aromatic heterocycles. The standard InChI is InChI=1S/C4HN2.3Al.3HI/c1-2-5-4-6-3-1;;;;;;/h1H;;;;3*1H/q;3*+1;;;/p-3. The molecule has 0 aliphatic carbocycles. The molecule has 0 saturated heterocycles. The van der Waals surface area contributed by atoms with E-state index in [1.54, 1.807) is 0 Å². The Morgan fingerprint density at radius 1 is 0.917 bits per heavy atom. The van der Waals surface area contributed by atoms with E-state index in [0.29, 0.717) is 23.9 Å². The molecule has 1 aromatic rings. The van der Waals surface area contributed by atoms with Crippen molar-refractivity contribution in [3.8, 4) is 0 Å². The van der Waals surface area contributed by atoms with Crippen LogP contribution in [0.15, 0.2) is 6.07 Å². The van der Waals surface area contributed by atoms with E-state index in [1.807, 2.05) is 0 Å². The van der Waals surface area contributed by atoms with Crippen molar-refractivity contribution in [3.05, 3.63) is 6.07 Å². The van der Waals surface area contributed by atoms with Gasteiger partial charge >= 0.3 is 35.8 Å². The fourth-order valence-electron chi connectivity index (χ4n) is 0.666. The largest absolute Gasteiger partial charge is 0.419 e. The summed E-state index contributed by atoms with van der Waals surface area (Å²) in [4.78, 5) is 8.95. The lowest BCUT2D eigenvalue weighted by Crippen LogP contribution is -2.37. The van der Waals surface area contributed by atoms with Crippen LogP contribution in [-0.4, -0.2) is 45.8 Å². The smallest absolute Gasteiger partial charge is 0.276 e. The maximum Gasteiger partial charge on any atom is 0.419 e. The monoisotopic (exact) mass is 539 g/mol. The van der Waals surface area contributed by atoms with Crippen LogP contribution in [-0.2, 0) is 0 Å². The first kappa shape index (κ1) is 12.9. The molecule has 0 atom stereocenters. The Labute approximate surface area is 124 Å². The van der Waals surface area contributed by atoms with Crippen LogP contribution >= 0.6 is 60.8 Å². The Kier molecular flexibility index (Phi) is 7.75. The number of aromatic nitrogens is 2. The lowest BCUT2D eigenvalue weighted by molar-refractivity contribution is 1.31. The van der Waals surface area contributed by atoms with Gasteiger partial charge in [0.25, 0.3) is 0 Å². The third-order valence-corrected chi connectivity index (χ3v) is 8.10. The molecule has 0 N–H and O–H groups in total. The van der Waals surface area contributed by atoms with E-state index in [4.69, 9.17) is 0 Å². The molecule has 1 rings (SSSR count). The zero-order chi connectivity index (χ0) is 8.97. The van der Waals surface area contributed by atoms with Crippen molar-refractivity contribution in [2.75, 3.05) is 0 Å². The summed E-state index contributed by atoms with van der Waals surface area (Å²) in [6.45, 7) is 0. The summed E-state index contributed by atoms with van der Waals surface area (Å²) in [5.41, 5.74) is 0. The topological polar surface area (TPSA) is 25.8 Å². The van der Waals surface area contributed by atoms with Gasteiger partial charge in [-0.3, -0.25) is 9.97 Å². The average molecular weight is 539 g/mol. The normalized spacial score (nSPS) is 9.25. The van der Waals surface area contributed by atoms with Gasteiger partial charge in [-0.15, -0.1) is 0 Å². The first-order valence-electron chi connectivity index (χ1n) is 2.99. The van der Waals surface area contributed by atoms with Crippen molar-refractivity contribution in [1.82, 2.24) is 9.97 Å². The summed E-state index contributed by atoms with van der Waals surface area (Å²) in [6, 6.07) is 2.17. The van der Waals surface area contributed by atoms with Crippen molar-refractivity contribution in [2.45, 2.75) is 0 Å². The molecule has 3 radical (unpaired) electrons. The average Bonchev–Trinajstić information content (AvgIpc) is 2.16. The highest BCUT2D eigenvalue weighted by Gasteiger charge is 2.04. The zero-order valence-corrected chi connectivity index (χ0v) is 15.8. The summed E-state index contributed by atoms with van der Waals surface area (Å²) < 4.78 is 3.62. The van der Waals surface area contributed by atoms with Crippen LogP contribution < -0.4 is 13.8 Å². The van der Waals surface area contributed by atoms with Gasteiger partial charge in [0, 0.05) is 4.69 Å². The quantitative estimate of drug-likeness (QED) is 0.384. The molecule has 0 bridgehead atoms. The molecular weight excluding hydrogens is 538 g/mol. The first-order chi connectivity index (χ1) is 5.80. The number of halogens is 3. The van der Waals surface area contributed by atoms with Gasteiger partial charge in [0.15, 0.2) is 0 Å². The van der Waals surface area contributed by atoms with Gasteiger partial charge in [0.1, 0.15) is 0 Å². The van der Waals surface area contributed by atoms with Crippen molar-refractivity contribution in [2.24, 2.45) is 0 Å². The molecule has 0 fully saturated rings. The minimum Gasteiger partial charge on any atom is -0.276 e.